The molecular weight excluding hydrogens is 236 g/mol. The Labute approximate surface area is 109 Å². The molecule has 1 aromatic rings. The fourth-order valence-corrected chi connectivity index (χ4v) is 3.28. The van der Waals surface area contributed by atoms with E-state index in [0.29, 0.717) is 5.57 Å². The Morgan fingerprint density at radius 2 is 1.89 bits per heavy atom. The molecule has 0 fully saturated rings. The van der Waals surface area contributed by atoms with E-state index in [2.05, 4.69) is 11.8 Å². The van der Waals surface area contributed by atoms with E-state index >= 15 is 0 Å². The van der Waals surface area contributed by atoms with Gasteiger partial charge >= 0.3 is 0 Å². The van der Waals surface area contributed by atoms with Crippen LogP contribution in [0.2, 0.25) is 0 Å². The van der Waals surface area contributed by atoms with Crippen LogP contribution in [-0.2, 0) is 0 Å². The summed E-state index contributed by atoms with van der Waals surface area (Å²) in [5.41, 5.74) is 0.568. The number of aliphatic hydroxyl groups excluding tert-OH is 1. The van der Waals surface area contributed by atoms with Crippen LogP contribution in [0.15, 0.2) is 53.8 Å². The molecule has 1 aliphatic carbocycles. The summed E-state index contributed by atoms with van der Waals surface area (Å²) in [5, 5.41) is 11.7. The fourth-order valence-electron chi connectivity index (χ4n) is 1.83. The van der Waals surface area contributed by atoms with Gasteiger partial charge in [0.15, 0.2) is 0 Å². The Morgan fingerprint density at radius 3 is 2.50 bits per heavy atom. The second-order valence-electron chi connectivity index (χ2n) is 3.91. The van der Waals surface area contributed by atoms with Crippen molar-refractivity contribution < 1.29 is 5.11 Å². The Balaban J connectivity index is 2.49. The normalized spacial score (nSPS) is 20.6. The van der Waals surface area contributed by atoms with Gasteiger partial charge < -0.3 is 5.11 Å². The minimum atomic E-state index is -0.349. The van der Waals surface area contributed by atoms with Gasteiger partial charge in [-0.2, -0.15) is 0 Å². The predicted octanol–water partition coefficient (Wildman–Crippen LogP) is 1.10. The van der Waals surface area contributed by atoms with Crippen molar-refractivity contribution in [1.29, 1.82) is 0 Å². The monoisotopic (exact) mass is 246 g/mol. The lowest BCUT2D eigenvalue weighted by Crippen LogP contribution is -2.25. The van der Waals surface area contributed by atoms with Gasteiger partial charge in [-0.25, -0.2) is 0 Å². The Kier molecular flexibility index (Phi) is 3.62. The van der Waals surface area contributed by atoms with Crippen molar-refractivity contribution in [3.8, 4) is 11.8 Å². The van der Waals surface area contributed by atoms with Crippen molar-refractivity contribution in [2.45, 2.75) is 0 Å². The van der Waals surface area contributed by atoms with E-state index < -0.39 is 0 Å². The van der Waals surface area contributed by atoms with Crippen LogP contribution >= 0.6 is 0 Å². The maximum Gasteiger partial charge on any atom is 0.114 e. The predicted molar refractivity (Wildman–Crippen MR) is 74.8 cm³/mol. The third-order valence-corrected chi connectivity index (χ3v) is 4.39. The zero-order valence-corrected chi connectivity index (χ0v) is 10.8. The van der Waals surface area contributed by atoms with Crippen molar-refractivity contribution in [3.63, 3.8) is 0 Å². The van der Waals surface area contributed by atoms with E-state index in [9.17, 15) is 5.11 Å². The standard InChI is InChI=1S/C16H10OSi/c1-3-12-10-14(17)11-13(4-2)16(12)18-15-8-6-5-7-9-15/h5-12,17-18H. The second kappa shape index (κ2) is 5.36. The summed E-state index contributed by atoms with van der Waals surface area (Å²) < 4.78 is 0. The third-order valence-electron chi connectivity index (χ3n) is 2.69. The van der Waals surface area contributed by atoms with Crippen LogP contribution in [0.3, 0.4) is 0 Å². The highest BCUT2D eigenvalue weighted by Gasteiger charge is 2.18. The van der Waals surface area contributed by atoms with Crippen LogP contribution in [0, 0.1) is 30.6 Å². The summed E-state index contributed by atoms with van der Waals surface area (Å²) in [7, 11) is -0.212. The Hall–Kier alpha value is -2.29. The number of aliphatic hydroxyl groups is 1. The highest BCUT2D eigenvalue weighted by atomic mass is 28.2. The molecule has 0 saturated carbocycles. The molecule has 0 aliphatic heterocycles. The first-order chi connectivity index (χ1) is 8.74. The van der Waals surface area contributed by atoms with Crippen LogP contribution in [0.4, 0.5) is 0 Å². The maximum absolute atomic E-state index is 9.53. The molecule has 0 bridgehead atoms. The zero-order chi connectivity index (χ0) is 13.0. The van der Waals surface area contributed by atoms with Crippen molar-refractivity contribution in [2.24, 2.45) is 5.92 Å². The van der Waals surface area contributed by atoms with Gasteiger partial charge in [0.05, 0.1) is 5.92 Å². The Bertz CT molecular complexity index is 621. The summed E-state index contributed by atoms with van der Waals surface area (Å²) in [6.45, 7) is 0. The molecule has 2 rings (SSSR count). The molecule has 1 N–H and O–H groups in total. The van der Waals surface area contributed by atoms with E-state index in [0.717, 1.165) is 5.17 Å². The SMILES string of the molecule is [C]#CC1=CC(O)=CC(C#[C])C1=[SiH]c1ccccc1. The average Bonchev–Trinajstić information content (AvgIpc) is 2.41. The average molecular weight is 246 g/mol. The lowest BCUT2D eigenvalue weighted by atomic mass is 9.94. The van der Waals surface area contributed by atoms with Crippen LogP contribution < -0.4 is 5.19 Å². The number of rotatable bonds is 1. The first-order valence-corrected chi connectivity index (χ1v) is 6.64. The number of hydrogen-bond donors (Lipinski definition) is 1. The fraction of sp³-hybridized carbons (Fsp3) is 0.0625. The van der Waals surface area contributed by atoms with Gasteiger partial charge in [-0.15, -0.1) is 0 Å². The van der Waals surface area contributed by atoms with Gasteiger partial charge in [-0.3, -0.25) is 0 Å². The molecule has 1 unspecified atom stereocenters. The molecule has 0 aromatic heterocycles. The summed E-state index contributed by atoms with van der Waals surface area (Å²) in [5.74, 6) is 4.47. The molecule has 0 amide bonds. The lowest BCUT2D eigenvalue weighted by Gasteiger charge is -2.16. The van der Waals surface area contributed by atoms with E-state index in [-0.39, 0.29) is 20.8 Å². The molecule has 1 aromatic carbocycles. The van der Waals surface area contributed by atoms with E-state index in [1.54, 1.807) is 6.08 Å². The second-order valence-corrected chi connectivity index (χ2v) is 5.48. The number of allylic oxidation sites excluding steroid dienone is 3. The van der Waals surface area contributed by atoms with Gasteiger partial charge in [0.1, 0.15) is 5.76 Å². The van der Waals surface area contributed by atoms with Crippen LogP contribution in [-0.4, -0.2) is 19.4 Å². The molecule has 2 heteroatoms. The third kappa shape index (κ3) is 2.51. The van der Waals surface area contributed by atoms with Crippen molar-refractivity contribution >= 4 is 19.5 Å². The smallest absolute Gasteiger partial charge is 0.114 e. The lowest BCUT2D eigenvalue weighted by molar-refractivity contribution is 0.428. The molecule has 84 valence electrons. The van der Waals surface area contributed by atoms with Gasteiger partial charge in [0, 0.05) is 14.7 Å². The van der Waals surface area contributed by atoms with E-state index in [4.69, 9.17) is 12.8 Å². The Morgan fingerprint density at radius 1 is 1.17 bits per heavy atom. The molecule has 1 nitrogen and oxygen atoms in total. The number of benzene rings is 1. The quantitative estimate of drug-likeness (QED) is 0.581. The number of hydrogen-bond acceptors (Lipinski definition) is 1. The zero-order valence-electron chi connectivity index (χ0n) is 9.64. The van der Waals surface area contributed by atoms with Crippen LogP contribution in [0.25, 0.3) is 0 Å². The molecule has 0 saturated heterocycles. The van der Waals surface area contributed by atoms with Crippen LogP contribution in [0.1, 0.15) is 0 Å². The first-order valence-electron chi connectivity index (χ1n) is 5.49. The largest absolute Gasteiger partial charge is 0.508 e. The maximum atomic E-state index is 9.53. The van der Waals surface area contributed by atoms with E-state index in [1.165, 1.54) is 11.3 Å². The van der Waals surface area contributed by atoms with Crippen LogP contribution in [0.5, 0.6) is 0 Å². The van der Waals surface area contributed by atoms with Crippen molar-refractivity contribution in [2.75, 3.05) is 0 Å². The highest BCUT2D eigenvalue weighted by Crippen LogP contribution is 2.17. The molecule has 1 atom stereocenters. The van der Waals surface area contributed by atoms with E-state index in [1.807, 2.05) is 30.3 Å². The van der Waals surface area contributed by atoms with Gasteiger partial charge in [0.25, 0.3) is 0 Å². The summed E-state index contributed by atoms with van der Waals surface area (Å²) in [4.78, 5) is 0. The molecular formula is C16H10OSi. The minimum Gasteiger partial charge on any atom is -0.508 e. The molecule has 1 aliphatic rings. The van der Waals surface area contributed by atoms with Crippen molar-refractivity contribution in [1.82, 2.24) is 0 Å². The molecule has 18 heavy (non-hydrogen) atoms. The molecule has 0 heterocycles. The topological polar surface area (TPSA) is 20.2 Å². The van der Waals surface area contributed by atoms with Gasteiger partial charge in [0.2, 0.25) is 0 Å². The summed E-state index contributed by atoms with van der Waals surface area (Å²) in [6, 6.07) is 9.96. The summed E-state index contributed by atoms with van der Waals surface area (Å²) >= 11 is 0. The molecule has 0 spiro atoms. The first kappa shape index (κ1) is 12.2. The van der Waals surface area contributed by atoms with Gasteiger partial charge in [-0.1, -0.05) is 42.2 Å². The highest BCUT2D eigenvalue weighted by molar-refractivity contribution is 6.70. The summed E-state index contributed by atoms with van der Waals surface area (Å²) in [6.07, 6.45) is 17.7. The minimum absolute atomic E-state index is 0.0747. The van der Waals surface area contributed by atoms with Crippen molar-refractivity contribution in [3.05, 3.63) is 66.7 Å². The molecule has 2 radical (unpaired) electrons. The van der Waals surface area contributed by atoms with Gasteiger partial charge in [-0.05, 0) is 35.4 Å².